The highest BCUT2D eigenvalue weighted by Crippen LogP contribution is 2.47. The lowest BCUT2D eigenvalue weighted by Crippen LogP contribution is -2.31. The molecule has 0 aliphatic carbocycles. The lowest BCUT2D eigenvalue weighted by Gasteiger charge is -2.26. The maximum absolute atomic E-state index is 14.5. The molecule has 278 valence electrons. The second-order valence-electron chi connectivity index (χ2n) is 14.3. The first-order chi connectivity index (χ1) is 27.5. The van der Waals surface area contributed by atoms with Gasteiger partial charge in [0.15, 0.2) is 0 Å². The maximum Gasteiger partial charge on any atom is 0.261 e. The Hall–Kier alpha value is -6.66. The number of hydrogen-bond acceptors (Lipinski definition) is 4. The molecule has 0 aromatic heterocycles. The van der Waals surface area contributed by atoms with E-state index in [2.05, 4.69) is 116 Å². The summed E-state index contributed by atoms with van der Waals surface area (Å²) in [5.41, 5.74) is 11.4. The van der Waals surface area contributed by atoms with Crippen LogP contribution in [0.3, 0.4) is 0 Å². The van der Waals surface area contributed by atoms with E-state index in [1.165, 1.54) is 0 Å². The molecule has 0 fully saturated rings. The molecule has 6 aromatic rings. The largest absolute Gasteiger partial charge is 0.508 e. The van der Waals surface area contributed by atoms with Crippen LogP contribution in [0.5, 0.6) is 5.75 Å². The summed E-state index contributed by atoms with van der Waals surface area (Å²) >= 11 is 0. The third-order valence-electron chi connectivity index (χ3n) is 10.7. The predicted octanol–water partition coefficient (Wildman–Crippen LogP) is 11.6. The van der Waals surface area contributed by atoms with Crippen molar-refractivity contribution in [1.29, 1.82) is 0 Å². The SMILES string of the molecule is CCCCN1C(=O)C2=C(c3ccc(-c4ccc(N(c5ccccc5)c5ccccc5)cc4)cc3)N(CCCC)C(=O)C2=C1c1ccc(-c2ccc(O)cc2)cc1. The number of phenolic OH excluding ortho intramolecular Hbond substituents is 1. The van der Waals surface area contributed by atoms with Crippen LogP contribution < -0.4 is 4.90 Å². The topological polar surface area (TPSA) is 64.1 Å². The molecule has 1 N–H and O–H groups in total. The molecular formula is C50H45N3O3. The summed E-state index contributed by atoms with van der Waals surface area (Å²) in [6, 6.07) is 52.7. The number of phenols is 1. The number of nitrogens with zero attached hydrogens (tertiary/aromatic N) is 3. The summed E-state index contributed by atoms with van der Waals surface area (Å²) in [7, 11) is 0. The van der Waals surface area contributed by atoms with Gasteiger partial charge in [-0.15, -0.1) is 0 Å². The van der Waals surface area contributed by atoms with Gasteiger partial charge in [-0.3, -0.25) is 9.59 Å². The van der Waals surface area contributed by atoms with Crippen LogP contribution in [0.1, 0.15) is 50.7 Å². The minimum atomic E-state index is -0.116. The van der Waals surface area contributed by atoms with E-state index in [9.17, 15) is 14.7 Å². The van der Waals surface area contributed by atoms with E-state index in [1.54, 1.807) is 12.1 Å². The summed E-state index contributed by atoms with van der Waals surface area (Å²) < 4.78 is 0. The molecule has 8 rings (SSSR count). The Morgan fingerprint density at radius 3 is 1.12 bits per heavy atom. The lowest BCUT2D eigenvalue weighted by molar-refractivity contribution is -0.124. The van der Waals surface area contributed by atoms with Crippen molar-refractivity contribution in [1.82, 2.24) is 9.80 Å². The van der Waals surface area contributed by atoms with Gasteiger partial charge >= 0.3 is 0 Å². The van der Waals surface area contributed by atoms with Crippen molar-refractivity contribution in [2.24, 2.45) is 0 Å². The standard InChI is InChI=1S/C50H45N3O3/c1-3-5-33-51-47(39-21-17-35(18-22-39)37-25-29-43(30-26-37)53(41-13-9-7-10-14-41)42-15-11-8-12-16-42)45-46(50(51)56)48(52(49(45)55)34-6-4-2)40-23-19-36(20-24-40)38-27-31-44(54)32-28-38/h7-32,54H,3-6,33-34H2,1-2H3. The minimum Gasteiger partial charge on any atom is -0.508 e. The number of benzene rings is 6. The summed E-state index contributed by atoms with van der Waals surface area (Å²) in [6.45, 7) is 5.30. The molecule has 6 nitrogen and oxygen atoms in total. The smallest absolute Gasteiger partial charge is 0.261 e. The van der Waals surface area contributed by atoms with Crippen LogP contribution in [-0.4, -0.2) is 39.8 Å². The summed E-state index contributed by atoms with van der Waals surface area (Å²) in [5.74, 6) is -0.0156. The van der Waals surface area contributed by atoms with E-state index in [1.807, 2.05) is 58.3 Å². The molecular weight excluding hydrogens is 691 g/mol. The number of unbranched alkanes of at least 4 members (excludes halogenated alkanes) is 2. The van der Waals surface area contributed by atoms with Crippen LogP contribution in [0, 0.1) is 0 Å². The molecule has 2 amide bonds. The maximum atomic E-state index is 14.5. The van der Waals surface area contributed by atoms with Gasteiger partial charge in [0, 0.05) is 30.2 Å². The summed E-state index contributed by atoms with van der Waals surface area (Å²) in [5, 5.41) is 9.78. The number of rotatable bonds is 13. The first-order valence-electron chi connectivity index (χ1n) is 19.6. The van der Waals surface area contributed by atoms with E-state index >= 15 is 0 Å². The lowest BCUT2D eigenvalue weighted by atomic mass is 9.98. The van der Waals surface area contributed by atoms with Crippen molar-refractivity contribution >= 4 is 40.3 Å². The van der Waals surface area contributed by atoms with Crippen molar-refractivity contribution < 1.29 is 14.7 Å². The Bertz CT molecular complexity index is 2360. The number of amides is 2. The van der Waals surface area contributed by atoms with Crippen LogP contribution in [-0.2, 0) is 9.59 Å². The fourth-order valence-corrected chi connectivity index (χ4v) is 7.75. The Morgan fingerprint density at radius 1 is 0.429 bits per heavy atom. The van der Waals surface area contributed by atoms with E-state index in [0.717, 1.165) is 76.1 Å². The first-order valence-corrected chi connectivity index (χ1v) is 19.6. The minimum absolute atomic E-state index is 0.116. The highest BCUT2D eigenvalue weighted by molar-refractivity contribution is 6.30. The van der Waals surface area contributed by atoms with Crippen molar-refractivity contribution in [3.05, 3.63) is 180 Å². The average molecular weight is 736 g/mol. The molecule has 0 radical (unpaired) electrons. The van der Waals surface area contributed by atoms with Crippen LogP contribution in [0.4, 0.5) is 17.1 Å². The quantitative estimate of drug-likeness (QED) is 0.128. The highest BCUT2D eigenvalue weighted by atomic mass is 16.3. The highest BCUT2D eigenvalue weighted by Gasteiger charge is 2.48. The third kappa shape index (κ3) is 6.90. The molecule has 6 heteroatoms. The molecule has 0 spiro atoms. The zero-order valence-corrected chi connectivity index (χ0v) is 31.9. The fraction of sp³-hybridized carbons (Fsp3) is 0.160. The van der Waals surface area contributed by atoms with Gasteiger partial charge in [-0.25, -0.2) is 0 Å². The van der Waals surface area contributed by atoms with Gasteiger partial charge in [0.2, 0.25) is 0 Å². The predicted molar refractivity (Wildman–Crippen MR) is 227 cm³/mol. The van der Waals surface area contributed by atoms with Crippen LogP contribution in [0.15, 0.2) is 169 Å². The molecule has 0 atom stereocenters. The number of hydrogen-bond donors (Lipinski definition) is 1. The molecule has 6 aromatic carbocycles. The van der Waals surface area contributed by atoms with Gasteiger partial charge in [0.25, 0.3) is 11.8 Å². The van der Waals surface area contributed by atoms with Gasteiger partial charge in [-0.1, -0.05) is 136 Å². The number of para-hydroxylation sites is 2. The zero-order chi connectivity index (χ0) is 38.6. The Balaban J connectivity index is 1.16. The number of carbonyl (C=O) groups is 2. The molecule has 0 unspecified atom stereocenters. The molecule has 0 saturated carbocycles. The second kappa shape index (κ2) is 16.0. The van der Waals surface area contributed by atoms with Crippen molar-refractivity contribution in [2.45, 2.75) is 39.5 Å². The molecule has 2 aliphatic heterocycles. The second-order valence-corrected chi connectivity index (χ2v) is 14.3. The van der Waals surface area contributed by atoms with Crippen molar-refractivity contribution in [3.8, 4) is 28.0 Å². The fourth-order valence-electron chi connectivity index (χ4n) is 7.75. The van der Waals surface area contributed by atoms with Gasteiger partial charge < -0.3 is 19.8 Å². The number of aromatic hydroxyl groups is 1. The summed E-state index contributed by atoms with van der Waals surface area (Å²) in [6.07, 6.45) is 3.50. The van der Waals surface area contributed by atoms with E-state index in [-0.39, 0.29) is 17.6 Å². The third-order valence-corrected chi connectivity index (χ3v) is 10.7. The molecule has 0 bridgehead atoms. The van der Waals surface area contributed by atoms with Crippen LogP contribution in [0.25, 0.3) is 33.6 Å². The van der Waals surface area contributed by atoms with E-state index in [4.69, 9.17) is 0 Å². The van der Waals surface area contributed by atoms with Gasteiger partial charge in [-0.2, -0.15) is 0 Å². The van der Waals surface area contributed by atoms with Crippen LogP contribution >= 0.6 is 0 Å². The van der Waals surface area contributed by atoms with Crippen molar-refractivity contribution in [3.63, 3.8) is 0 Å². The zero-order valence-electron chi connectivity index (χ0n) is 31.9. The van der Waals surface area contributed by atoms with Gasteiger partial charge in [0.05, 0.1) is 22.5 Å². The Kier molecular flexibility index (Phi) is 10.4. The number of carbonyl (C=O) groups excluding carboxylic acids is 2. The monoisotopic (exact) mass is 735 g/mol. The number of fused-ring (bicyclic) bond motifs is 1. The molecule has 2 heterocycles. The van der Waals surface area contributed by atoms with Gasteiger partial charge in [-0.05, 0) is 94.8 Å². The first kappa shape index (κ1) is 36.3. The van der Waals surface area contributed by atoms with E-state index < -0.39 is 0 Å². The normalized spacial score (nSPS) is 13.9. The number of anilines is 3. The molecule has 0 saturated heterocycles. The molecule has 2 aliphatic rings. The molecule has 56 heavy (non-hydrogen) atoms. The van der Waals surface area contributed by atoms with Gasteiger partial charge in [0.1, 0.15) is 5.75 Å². The summed E-state index contributed by atoms with van der Waals surface area (Å²) in [4.78, 5) is 35.0. The van der Waals surface area contributed by atoms with Crippen molar-refractivity contribution in [2.75, 3.05) is 18.0 Å². The average Bonchev–Trinajstić information content (AvgIpc) is 3.70. The Morgan fingerprint density at radius 2 is 0.750 bits per heavy atom. The Labute approximate surface area is 329 Å². The van der Waals surface area contributed by atoms with E-state index in [0.29, 0.717) is 35.6 Å². The van der Waals surface area contributed by atoms with Crippen LogP contribution in [0.2, 0.25) is 0 Å².